The van der Waals surface area contributed by atoms with Crippen LogP contribution in [0, 0.1) is 0 Å². The summed E-state index contributed by atoms with van der Waals surface area (Å²) in [6.07, 6.45) is 1.98. The summed E-state index contributed by atoms with van der Waals surface area (Å²) >= 11 is 0. The minimum absolute atomic E-state index is 0.256. The van der Waals surface area contributed by atoms with Gasteiger partial charge in [0, 0.05) is 31.1 Å². The first-order valence-corrected chi connectivity index (χ1v) is 9.74. The Morgan fingerprint density at radius 3 is 2.64 bits per heavy atom. The molecular formula is C22H24N4O2. The van der Waals surface area contributed by atoms with E-state index in [0.29, 0.717) is 17.3 Å². The van der Waals surface area contributed by atoms with E-state index in [9.17, 15) is 9.59 Å². The van der Waals surface area contributed by atoms with E-state index in [2.05, 4.69) is 51.6 Å². The maximum absolute atomic E-state index is 12.8. The number of rotatable bonds is 5. The SMILES string of the molecule is CC[C@H](CNC(=O)c1n[nH]c(=O)c2ccccc12)N1CCc2ccccc2C1. The molecule has 0 radical (unpaired) electrons. The van der Waals surface area contributed by atoms with Crippen molar-refractivity contribution in [1.82, 2.24) is 20.4 Å². The summed E-state index contributed by atoms with van der Waals surface area (Å²) < 4.78 is 0. The molecule has 0 unspecified atom stereocenters. The molecule has 1 amide bonds. The van der Waals surface area contributed by atoms with Crippen LogP contribution in [0.5, 0.6) is 0 Å². The predicted octanol–water partition coefficient (Wildman–Crippen LogP) is 2.49. The van der Waals surface area contributed by atoms with Gasteiger partial charge in [-0.25, -0.2) is 5.10 Å². The molecule has 0 spiro atoms. The van der Waals surface area contributed by atoms with Crippen molar-refractivity contribution < 1.29 is 4.79 Å². The maximum atomic E-state index is 12.8. The number of amides is 1. The fourth-order valence-electron chi connectivity index (χ4n) is 3.94. The molecule has 1 aliphatic rings. The molecule has 2 aromatic carbocycles. The van der Waals surface area contributed by atoms with Crippen LogP contribution in [-0.4, -0.2) is 40.1 Å². The lowest BCUT2D eigenvalue weighted by Crippen LogP contribution is -2.45. The number of nitrogens with one attached hydrogen (secondary N) is 2. The summed E-state index contributed by atoms with van der Waals surface area (Å²) in [7, 11) is 0. The molecule has 6 nitrogen and oxygen atoms in total. The van der Waals surface area contributed by atoms with Crippen molar-refractivity contribution in [3.05, 3.63) is 75.7 Å². The monoisotopic (exact) mass is 376 g/mol. The van der Waals surface area contributed by atoms with Crippen molar-refractivity contribution in [3.8, 4) is 0 Å². The fourth-order valence-corrected chi connectivity index (χ4v) is 3.94. The maximum Gasteiger partial charge on any atom is 0.272 e. The van der Waals surface area contributed by atoms with E-state index in [1.54, 1.807) is 24.3 Å². The Kier molecular flexibility index (Phi) is 5.21. The van der Waals surface area contributed by atoms with Crippen molar-refractivity contribution in [1.29, 1.82) is 0 Å². The average Bonchev–Trinajstić information content (AvgIpc) is 2.74. The molecule has 28 heavy (non-hydrogen) atoms. The molecule has 2 N–H and O–H groups in total. The Morgan fingerprint density at radius 1 is 1.14 bits per heavy atom. The number of aromatic amines is 1. The van der Waals surface area contributed by atoms with Gasteiger partial charge in [-0.05, 0) is 30.0 Å². The number of hydrogen-bond acceptors (Lipinski definition) is 4. The normalized spacial score (nSPS) is 15.2. The van der Waals surface area contributed by atoms with Gasteiger partial charge in [0.1, 0.15) is 0 Å². The van der Waals surface area contributed by atoms with Gasteiger partial charge < -0.3 is 5.32 Å². The second kappa shape index (κ2) is 7.94. The van der Waals surface area contributed by atoms with Crippen LogP contribution in [0.25, 0.3) is 10.8 Å². The Balaban J connectivity index is 1.47. The standard InChI is InChI=1S/C22H24N4O2/c1-2-17(26-12-11-15-7-3-4-8-16(15)14-26)13-23-22(28)20-18-9-5-6-10-19(18)21(27)25-24-20/h3-10,17H,2,11-14H2,1H3,(H,23,28)(H,25,27)/t17-/m1/s1. The van der Waals surface area contributed by atoms with Crippen LogP contribution in [-0.2, 0) is 13.0 Å². The van der Waals surface area contributed by atoms with Gasteiger partial charge in [-0.1, -0.05) is 49.4 Å². The van der Waals surface area contributed by atoms with Crippen molar-refractivity contribution in [2.75, 3.05) is 13.1 Å². The van der Waals surface area contributed by atoms with E-state index in [4.69, 9.17) is 0 Å². The van der Waals surface area contributed by atoms with E-state index in [0.717, 1.165) is 25.9 Å². The summed E-state index contributed by atoms with van der Waals surface area (Å²) in [5.41, 5.74) is 2.76. The largest absolute Gasteiger partial charge is 0.349 e. The molecule has 6 heteroatoms. The first-order chi connectivity index (χ1) is 13.7. The van der Waals surface area contributed by atoms with Crippen LogP contribution in [0.15, 0.2) is 53.3 Å². The summed E-state index contributed by atoms with van der Waals surface area (Å²) in [6, 6.07) is 15.8. The summed E-state index contributed by atoms with van der Waals surface area (Å²) in [5.74, 6) is -0.261. The molecule has 3 aromatic rings. The molecule has 2 heterocycles. The van der Waals surface area contributed by atoms with E-state index < -0.39 is 0 Å². The van der Waals surface area contributed by atoms with Crippen molar-refractivity contribution in [2.45, 2.75) is 32.4 Å². The first kappa shape index (κ1) is 18.4. The number of hydrogen-bond donors (Lipinski definition) is 2. The van der Waals surface area contributed by atoms with Gasteiger partial charge >= 0.3 is 0 Å². The van der Waals surface area contributed by atoms with Gasteiger partial charge in [-0.2, -0.15) is 5.10 Å². The van der Waals surface area contributed by atoms with Gasteiger partial charge in [0.2, 0.25) is 0 Å². The smallest absolute Gasteiger partial charge is 0.272 e. The van der Waals surface area contributed by atoms with Crippen LogP contribution >= 0.6 is 0 Å². The number of fused-ring (bicyclic) bond motifs is 2. The Labute approximate surface area is 163 Å². The lowest BCUT2D eigenvalue weighted by atomic mass is 9.98. The Hall–Kier alpha value is -2.99. The number of nitrogens with zero attached hydrogens (tertiary/aromatic N) is 2. The van der Waals surface area contributed by atoms with Gasteiger partial charge in [-0.3, -0.25) is 14.5 Å². The van der Waals surface area contributed by atoms with Crippen LogP contribution < -0.4 is 10.9 Å². The van der Waals surface area contributed by atoms with Crippen LogP contribution in [0.3, 0.4) is 0 Å². The Bertz CT molecular complexity index is 1060. The molecular weight excluding hydrogens is 352 g/mol. The lowest BCUT2D eigenvalue weighted by Gasteiger charge is -2.35. The zero-order chi connectivity index (χ0) is 19.5. The molecule has 4 rings (SSSR count). The third kappa shape index (κ3) is 3.55. The molecule has 0 fully saturated rings. The quantitative estimate of drug-likeness (QED) is 0.717. The zero-order valence-corrected chi connectivity index (χ0v) is 15.9. The van der Waals surface area contributed by atoms with E-state index >= 15 is 0 Å². The molecule has 1 aromatic heterocycles. The van der Waals surface area contributed by atoms with Gasteiger partial charge in [0.25, 0.3) is 11.5 Å². The third-order valence-corrected chi connectivity index (χ3v) is 5.56. The number of H-pyrrole nitrogens is 1. The highest BCUT2D eigenvalue weighted by Crippen LogP contribution is 2.21. The van der Waals surface area contributed by atoms with Crippen LogP contribution in [0.1, 0.15) is 35.0 Å². The second-order valence-electron chi connectivity index (χ2n) is 7.21. The zero-order valence-electron chi connectivity index (χ0n) is 15.9. The molecule has 0 saturated carbocycles. The van der Waals surface area contributed by atoms with Crippen molar-refractivity contribution >= 4 is 16.7 Å². The van der Waals surface area contributed by atoms with Gasteiger partial charge in [0.15, 0.2) is 5.69 Å². The van der Waals surface area contributed by atoms with Gasteiger partial charge in [-0.15, -0.1) is 0 Å². The fraction of sp³-hybridized carbons (Fsp3) is 0.318. The highest BCUT2D eigenvalue weighted by Gasteiger charge is 2.23. The summed E-state index contributed by atoms with van der Waals surface area (Å²) in [4.78, 5) is 27.1. The molecule has 0 saturated heterocycles. The van der Waals surface area contributed by atoms with Crippen molar-refractivity contribution in [3.63, 3.8) is 0 Å². The van der Waals surface area contributed by atoms with Crippen LogP contribution in [0.2, 0.25) is 0 Å². The van der Waals surface area contributed by atoms with E-state index in [-0.39, 0.29) is 23.2 Å². The molecule has 144 valence electrons. The first-order valence-electron chi connectivity index (χ1n) is 9.74. The predicted molar refractivity (Wildman–Crippen MR) is 109 cm³/mol. The molecule has 1 atom stereocenters. The number of carbonyl (C=O) groups is 1. The highest BCUT2D eigenvalue weighted by atomic mass is 16.2. The molecule has 0 bridgehead atoms. The topological polar surface area (TPSA) is 78.1 Å². The number of benzene rings is 2. The summed E-state index contributed by atoms with van der Waals surface area (Å²) in [5, 5.41) is 10.5. The minimum atomic E-state index is -0.287. The highest BCUT2D eigenvalue weighted by molar-refractivity contribution is 6.04. The third-order valence-electron chi connectivity index (χ3n) is 5.56. The number of carbonyl (C=O) groups excluding carboxylic acids is 1. The lowest BCUT2D eigenvalue weighted by molar-refractivity contribution is 0.0922. The molecule has 1 aliphatic heterocycles. The number of aromatic nitrogens is 2. The minimum Gasteiger partial charge on any atom is -0.349 e. The van der Waals surface area contributed by atoms with Crippen molar-refractivity contribution in [2.24, 2.45) is 0 Å². The average molecular weight is 376 g/mol. The Morgan fingerprint density at radius 2 is 1.86 bits per heavy atom. The van der Waals surface area contributed by atoms with E-state index in [1.165, 1.54) is 11.1 Å². The van der Waals surface area contributed by atoms with Crippen LogP contribution in [0.4, 0.5) is 0 Å². The second-order valence-corrected chi connectivity index (χ2v) is 7.21. The molecule has 0 aliphatic carbocycles. The summed E-state index contributed by atoms with van der Waals surface area (Å²) in [6.45, 7) is 4.59. The van der Waals surface area contributed by atoms with E-state index in [1.807, 2.05) is 0 Å². The van der Waals surface area contributed by atoms with Gasteiger partial charge in [0.05, 0.1) is 5.39 Å².